The van der Waals surface area contributed by atoms with Crippen molar-refractivity contribution in [2.24, 2.45) is 0 Å². The maximum Gasteiger partial charge on any atom is 0.161 e. The Morgan fingerprint density at radius 2 is 1.90 bits per heavy atom. The van der Waals surface area contributed by atoms with E-state index in [2.05, 4.69) is 6.92 Å². The van der Waals surface area contributed by atoms with E-state index in [1.165, 1.54) is 5.56 Å². The molecule has 2 aromatic rings. The lowest BCUT2D eigenvalue weighted by Gasteiger charge is -2.13. The average molecular weight is 292 g/mol. The zero-order valence-electron chi connectivity index (χ0n) is 11.7. The van der Waals surface area contributed by atoms with E-state index in [1.807, 2.05) is 24.3 Å². The van der Waals surface area contributed by atoms with Crippen LogP contribution in [0, 0.1) is 0 Å². The molecule has 0 saturated heterocycles. The van der Waals surface area contributed by atoms with Crippen LogP contribution in [0.2, 0.25) is 5.02 Å². The molecule has 0 saturated carbocycles. The second-order valence-electron chi connectivity index (χ2n) is 4.47. The quantitative estimate of drug-likeness (QED) is 0.845. The molecule has 2 rings (SSSR count). The molecule has 4 heteroatoms. The Bertz CT molecular complexity index is 599. The molecule has 2 aromatic carbocycles. The van der Waals surface area contributed by atoms with Gasteiger partial charge in [0.05, 0.1) is 7.11 Å². The lowest BCUT2D eigenvalue weighted by molar-refractivity contribution is 0.285. The fourth-order valence-corrected chi connectivity index (χ4v) is 2.10. The zero-order valence-corrected chi connectivity index (χ0v) is 12.4. The Kier molecular flexibility index (Phi) is 4.74. The van der Waals surface area contributed by atoms with Gasteiger partial charge in [-0.2, -0.15) is 0 Å². The van der Waals surface area contributed by atoms with Crippen molar-refractivity contribution in [3.8, 4) is 11.5 Å². The molecule has 20 heavy (non-hydrogen) atoms. The SMILES string of the molecule is CCc1ccc(OCc2cc(Cl)ccc2N)c(OC)c1. The second kappa shape index (κ2) is 6.53. The molecule has 0 atom stereocenters. The van der Waals surface area contributed by atoms with Gasteiger partial charge in [-0.3, -0.25) is 0 Å². The fraction of sp³-hybridized carbons (Fsp3) is 0.250. The number of ether oxygens (including phenoxy) is 2. The first kappa shape index (κ1) is 14.5. The molecule has 0 aromatic heterocycles. The van der Waals surface area contributed by atoms with Crippen LogP contribution in [0.15, 0.2) is 36.4 Å². The van der Waals surface area contributed by atoms with Crippen molar-refractivity contribution in [1.82, 2.24) is 0 Å². The van der Waals surface area contributed by atoms with Gasteiger partial charge < -0.3 is 15.2 Å². The first-order valence-corrected chi connectivity index (χ1v) is 6.85. The van der Waals surface area contributed by atoms with Crippen LogP contribution in [0.5, 0.6) is 11.5 Å². The van der Waals surface area contributed by atoms with Crippen LogP contribution in [0.1, 0.15) is 18.1 Å². The normalized spacial score (nSPS) is 10.3. The maximum absolute atomic E-state index is 5.96. The zero-order chi connectivity index (χ0) is 14.5. The van der Waals surface area contributed by atoms with Gasteiger partial charge in [0.1, 0.15) is 6.61 Å². The highest BCUT2D eigenvalue weighted by Gasteiger charge is 2.07. The molecule has 0 bridgehead atoms. The predicted molar refractivity (Wildman–Crippen MR) is 82.6 cm³/mol. The molecule has 0 spiro atoms. The van der Waals surface area contributed by atoms with E-state index in [9.17, 15) is 0 Å². The summed E-state index contributed by atoms with van der Waals surface area (Å²) in [7, 11) is 1.63. The van der Waals surface area contributed by atoms with Crippen LogP contribution in [-0.4, -0.2) is 7.11 Å². The summed E-state index contributed by atoms with van der Waals surface area (Å²) in [4.78, 5) is 0. The van der Waals surface area contributed by atoms with Gasteiger partial charge in [0.2, 0.25) is 0 Å². The molecule has 0 unspecified atom stereocenters. The average Bonchev–Trinajstić information content (AvgIpc) is 2.48. The first-order valence-electron chi connectivity index (χ1n) is 6.47. The van der Waals surface area contributed by atoms with Crippen molar-refractivity contribution >= 4 is 17.3 Å². The molecule has 0 fully saturated rings. The highest BCUT2D eigenvalue weighted by molar-refractivity contribution is 6.30. The number of rotatable bonds is 5. The van der Waals surface area contributed by atoms with Crippen LogP contribution in [0.4, 0.5) is 5.69 Å². The predicted octanol–water partition coefficient (Wildman–Crippen LogP) is 4.07. The van der Waals surface area contributed by atoms with E-state index in [-0.39, 0.29) is 0 Å². The van der Waals surface area contributed by atoms with Crippen LogP contribution < -0.4 is 15.2 Å². The van der Waals surface area contributed by atoms with Gasteiger partial charge in [-0.1, -0.05) is 24.6 Å². The van der Waals surface area contributed by atoms with Crippen LogP contribution in [-0.2, 0) is 13.0 Å². The third-order valence-electron chi connectivity index (χ3n) is 3.12. The molecule has 0 aliphatic heterocycles. The first-order chi connectivity index (χ1) is 9.63. The van der Waals surface area contributed by atoms with E-state index in [0.717, 1.165) is 17.7 Å². The Labute approximate surface area is 124 Å². The van der Waals surface area contributed by atoms with Crippen molar-refractivity contribution in [3.05, 3.63) is 52.5 Å². The summed E-state index contributed by atoms with van der Waals surface area (Å²) in [6.45, 7) is 2.45. The third-order valence-corrected chi connectivity index (χ3v) is 3.36. The molecule has 0 amide bonds. The molecular weight excluding hydrogens is 274 g/mol. The Morgan fingerprint density at radius 3 is 2.60 bits per heavy atom. The summed E-state index contributed by atoms with van der Waals surface area (Å²) in [5.41, 5.74) is 8.63. The van der Waals surface area contributed by atoms with Crippen LogP contribution >= 0.6 is 11.6 Å². The summed E-state index contributed by atoms with van der Waals surface area (Å²) < 4.78 is 11.1. The van der Waals surface area contributed by atoms with Gasteiger partial charge >= 0.3 is 0 Å². The van der Waals surface area contributed by atoms with E-state index < -0.39 is 0 Å². The van der Waals surface area contributed by atoms with Crippen molar-refractivity contribution in [1.29, 1.82) is 0 Å². The molecule has 106 valence electrons. The van der Waals surface area contributed by atoms with Gasteiger partial charge in [0.15, 0.2) is 11.5 Å². The summed E-state index contributed by atoms with van der Waals surface area (Å²) in [5.74, 6) is 1.43. The van der Waals surface area contributed by atoms with E-state index in [1.54, 1.807) is 19.2 Å². The van der Waals surface area contributed by atoms with Crippen molar-refractivity contribution in [2.45, 2.75) is 20.0 Å². The van der Waals surface area contributed by atoms with Crippen molar-refractivity contribution in [2.75, 3.05) is 12.8 Å². The van der Waals surface area contributed by atoms with E-state index in [4.69, 9.17) is 26.8 Å². The number of hydrogen-bond donors (Lipinski definition) is 1. The second-order valence-corrected chi connectivity index (χ2v) is 4.91. The van der Waals surface area contributed by atoms with Crippen molar-refractivity contribution < 1.29 is 9.47 Å². The molecule has 2 N–H and O–H groups in total. The highest BCUT2D eigenvalue weighted by Crippen LogP contribution is 2.29. The Hall–Kier alpha value is -1.87. The highest BCUT2D eigenvalue weighted by atomic mass is 35.5. The molecular formula is C16H18ClNO2. The lowest BCUT2D eigenvalue weighted by Crippen LogP contribution is -2.01. The third kappa shape index (κ3) is 3.36. The van der Waals surface area contributed by atoms with Crippen LogP contribution in [0.3, 0.4) is 0 Å². The largest absolute Gasteiger partial charge is 0.493 e. The molecule has 3 nitrogen and oxygen atoms in total. The lowest BCUT2D eigenvalue weighted by atomic mass is 10.1. The summed E-state index contributed by atoms with van der Waals surface area (Å²) in [5, 5.41) is 0.645. The number of aryl methyl sites for hydroxylation is 1. The van der Waals surface area contributed by atoms with Gasteiger partial charge in [-0.15, -0.1) is 0 Å². The molecule has 0 heterocycles. The minimum atomic E-state index is 0.355. The number of hydrogen-bond acceptors (Lipinski definition) is 3. The van der Waals surface area contributed by atoms with Gasteiger partial charge in [0, 0.05) is 16.3 Å². The number of nitrogens with two attached hydrogens (primary N) is 1. The van der Waals surface area contributed by atoms with Gasteiger partial charge in [-0.25, -0.2) is 0 Å². The van der Waals surface area contributed by atoms with E-state index >= 15 is 0 Å². The summed E-state index contributed by atoms with van der Waals surface area (Å²) in [6, 6.07) is 11.3. The number of halogens is 1. The van der Waals surface area contributed by atoms with Crippen LogP contribution in [0.25, 0.3) is 0 Å². The summed E-state index contributed by atoms with van der Waals surface area (Å²) in [6.07, 6.45) is 0.956. The van der Waals surface area contributed by atoms with E-state index in [0.29, 0.717) is 23.1 Å². The monoisotopic (exact) mass is 291 g/mol. The minimum Gasteiger partial charge on any atom is -0.493 e. The Morgan fingerprint density at radius 1 is 1.10 bits per heavy atom. The minimum absolute atomic E-state index is 0.355. The molecule has 0 aliphatic carbocycles. The number of methoxy groups -OCH3 is 1. The molecule has 0 radical (unpaired) electrons. The van der Waals surface area contributed by atoms with Crippen molar-refractivity contribution in [3.63, 3.8) is 0 Å². The molecule has 0 aliphatic rings. The number of benzene rings is 2. The number of nitrogen functional groups attached to an aromatic ring is 1. The fourth-order valence-electron chi connectivity index (χ4n) is 1.91. The number of anilines is 1. The van der Waals surface area contributed by atoms with Gasteiger partial charge in [0.25, 0.3) is 0 Å². The van der Waals surface area contributed by atoms with Gasteiger partial charge in [-0.05, 0) is 42.3 Å². The maximum atomic E-state index is 5.96. The summed E-state index contributed by atoms with van der Waals surface area (Å²) >= 11 is 5.96. The Balaban J connectivity index is 2.16. The standard InChI is InChI=1S/C16H18ClNO2/c1-3-11-4-7-15(16(8-11)19-2)20-10-12-9-13(17)5-6-14(12)18/h4-9H,3,10,18H2,1-2H3. The topological polar surface area (TPSA) is 44.5 Å². The smallest absolute Gasteiger partial charge is 0.161 e.